The molecule has 0 amide bonds. The van der Waals surface area contributed by atoms with Crippen LogP contribution in [-0.2, 0) is 0 Å². The molecule has 64 valence electrons. The zero-order valence-electron chi connectivity index (χ0n) is 7.06. The topological polar surface area (TPSA) is 9.23 Å². The fraction of sp³-hybridized carbons (Fsp3) is 0.400. The first-order valence-electron chi connectivity index (χ1n) is 4.04. The zero-order valence-corrected chi connectivity index (χ0v) is 7.82. The minimum Gasteiger partial charge on any atom is -0.492 e. The van der Waals surface area contributed by atoms with Gasteiger partial charge in [-0.15, -0.1) is 0 Å². The highest BCUT2D eigenvalue weighted by Crippen LogP contribution is 2.22. The summed E-state index contributed by atoms with van der Waals surface area (Å²) in [6, 6.07) is 8.91. The average molecular weight is 183 g/mol. The Morgan fingerprint density at radius 1 is 1.42 bits per heavy atom. The molecule has 0 saturated carbocycles. The number of ether oxygens (including phenoxy) is 1. The molecule has 0 fully saturated rings. The lowest BCUT2D eigenvalue weighted by Crippen LogP contribution is -1.96. The molecular formula is C10H11ClO. The molecule has 1 aromatic rings. The molecule has 0 spiro atoms. The summed E-state index contributed by atoms with van der Waals surface area (Å²) in [5, 5.41) is 0.602. The Morgan fingerprint density at radius 3 is 2.83 bits per heavy atom. The third-order valence-electron chi connectivity index (χ3n) is 1.48. The van der Waals surface area contributed by atoms with Crippen LogP contribution in [0.5, 0.6) is 5.75 Å². The highest BCUT2D eigenvalue weighted by molar-refractivity contribution is 6.32. The summed E-state index contributed by atoms with van der Waals surface area (Å²) >= 11 is 5.83. The van der Waals surface area contributed by atoms with E-state index in [1.165, 1.54) is 0 Å². The Bertz CT molecular complexity index is 235. The molecule has 1 rings (SSSR count). The van der Waals surface area contributed by atoms with Crippen molar-refractivity contribution in [2.45, 2.75) is 19.8 Å². The second-order valence-corrected chi connectivity index (χ2v) is 2.90. The first-order chi connectivity index (χ1) is 5.84. The fourth-order valence-electron chi connectivity index (χ4n) is 0.789. The smallest absolute Gasteiger partial charge is 0.138 e. The van der Waals surface area contributed by atoms with E-state index in [0.717, 1.165) is 12.8 Å². The lowest BCUT2D eigenvalue weighted by atomic mass is 10.3. The summed E-state index contributed by atoms with van der Waals surface area (Å²) in [6.45, 7) is 2.84. The molecule has 0 bridgehead atoms. The average Bonchev–Trinajstić information content (AvgIpc) is 2.09. The molecule has 0 aromatic heterocycles. The predicted molar refractivity (Wildman–Crippen MR) is 49.5 cm³/mol. The van der Waals surface area contributed by atoms with Crippen molar-refractivity contribution in [3.63, 3.8) is 0 Å². The Hall–Kier alpha value is -0.690. The van der Waals surface area contributed by atoms with Crippen LogP contribution in [0.25, 0.3) is 0 Å². The van der Waals surface area contributed by atoms with Gasteiger partial charge in [-0.3, -0.25) is 0 Å². The lowest BCUT2D eigenvalue weighted by molar-refractivity contribution is 0.309. The van der Waals surface area contributed by atoms with Gasteiger partial charge in [0.1, 0.15) is 5.75 Å². The second kappa shape index (κ2) is 5.04. The van der Waals surface area contributed by atoms with E-state index in [4.69, 9.17) is 16.3 Å². The maximum Gasteiger partial charge on any atom is 0.138 e. The van der Waals surface area contributed by atoms with E-state index in [0.29, 0.717) is 17.4 Å². The van der Waals surface area contributed by atoms with Gasteiger partial charge < -0.3 is 4.74 Å². The Kier molecular flexibility index (Phi) is 3.95. The van der Waals surface area contributed by atoms with E-state index in [9.17, 15) is 0 Å². The number of hydrogen-bond acceptors (Lipinski definition) is 1. The van der Waals surface area contributed by atoms with Gasteiger partial charge >= 0.3 is 0 Å². The summed E-state index contributed by atoms with van der Waals surface area (Å²) < 4.78 is 5.39. The summed E-state index contributed by atoms with van der Waals surface area (Å²) in [4.78, 5) is 0. The van der Waals surface area contributed by atoms with Gasteiger partial charge in [-0.1, -0.05) is 24.9 Å². The van der Waals surface area contributed by atoms with Gasteiger partial charge in [0, 0.05) is 0 Å². The summed E-state index contributed by atoms with van der Waals surface area (Å²) in [7, 11) is 0. The molecule has 1 nitrogen and oxygen atoms in total. The molecule has 0 atom stereocenters. The highest BCUT2D eigenvalue weighted by atomic mass is 35.5. The minimum absolute atomic E-state index is 0.602. The van der Waals surface area contributed by atoms with Gasteiger partial charge in [-0.2, -0.15) is 0 Å². The van der Waals surface area contributed by atoms with Gasteiger partial charge in [-0.25, -0.2) is 0 Å². The van der Waals surface area contributed by atoms with Crippen molar-refractivity contribution < 1.29 is 4.74 Å². The van der Waals surface area contributed by atoms with E-state index < -0.39 is 0 Å². The van der Waals surface area contributed by atoms with Crippen LogP contribution in [0.15, 0.2) is 12.1 Å². The SMILES string of the molecule is CCCCOc1c[c][c]cc1Cl. The first kappa shape index (κ1) is 9.40. The largest absolute Gasteiger partial charge is 0.492 e. The van der Waals surface area contributed by atoms with Crippen molar-refractivity contribution in [1.82, 2.24) is 0 Å². The van der Waals surface area contributed by atoms with Gasteiger partial charge in [0.05, 0.1) is 11.6 Å². The van der Waals surface area contributed by atoms with Gasteiger partial charge in [-0.05, 0) is 30.7 Å². The maximum absolute atomic E-state index is 5.83. The summed E-state index contributed by atoms with van der Waals surface area (Å²) in [6.07, 6.45) is 2.18. The number of unbranched alkanes of at least 4 members (excludes halogenated alkanes) is 1. The number of hydrogen-bond donors (Lipinski definition) is 0. The predicted octanol–water partition coefficient (Wildman–Crippen LogP) is 3.12. The van der Waals surface area contributed by atoms with Crippen LogP contribution < -0.4 is 4.74 Å². The molecule has 0 N–H and O–H groups in total. The fourth-order valence-corrected chi connectivity index (χ4v) is 0.953. The van der Waals surface area contributed by atoms with Crippen molar-refractivity contribution in [3.8, 4) is 5.75 Å². The molecule has 12 heavy (non-hydrogen) atoms. The molecule has 1 aromatic carbocycles. The van der Waals surface area contributed by atoms with Crippen molar-refractivity contribution in [2.24, 2.45) is 0 Å². The van der Waals surface area contributed by atoms with Crippen LogP contribution in [0.1, 0.15) is 19.8 Å². The standard InChI is InChI=1S/C10H11ClO/c1-2-3-8-12-10-7-5-4-6-9(10)11/h6-7H,2-3,8H2,1H3. The van der Waals surface area contributed by atoms with Crippen molar-refractivity contribution in [2.75, 3.05) is 6.61 Å². The van der Waals surface area contributed by atoms with Crippen LogP contribution in [-0.4, -0.2) is 6.61 Å². The number of benzene rings is 1. The molecule has 0 heterocycles. The second-order valence-electron chi connectivity index (χ2n) is 2.49. The van der Waals surface area contributed by atoms with Crippen LogP contribution in [0.3, 0.4) is 0 Å². The van der Waals surface area contributed by atoms with Gasteiger partial charge in [0.2, 0.25) is 0 Å². The molecule has 0 saturated heterocycles. The van der Waals surface area contributed by atoms with Crippen molar-refractivity contribution in [1.29, 1.82) is 0 Å². The van der Waals surface area contributed by atoms with Crippen LogP contribution in [0, 0.1) is 12.1 Å². The number of rotatable bonds is 4. The van der Waals surface area contributed by atoms with Crippen LogP contribution >= 0.6 is 11.6 Å². The van der Waals surface area contributed by atoms with Crippen LogP contribution in [0.2, 0.25) is 5.02 Å². The van der Waals surface area contributed by atoms with E-state index in [1.54, 1.807) is 12.1 Å². The van der Waals surface area contributed by atoms with Gasteiger partial charge in [0.25, 0.3) is 0 Å². The third-order valence-corrected chi connectivity index (χ3v) is 1.77. The van der Waals surface area contributed by atoms with Crippen molar-refractivity contribution in [3.05, 3.63) is 29.3 Å². The van der Waals surface area contributed by atoms with E-state index in [2.05, 4.69) is 19.1 Å². The van der Waals surface area contributed by atoms with Gasteiger partial charge in [0.15, 0.2) is 0 Å². The third kappa shape index (κ3) is 2.74. The molecule has 0 unspecified atom stereocenters. The summed E-state index contributed by atoms with van der Waals surface area (Å²) in [5.41, 5.74) is 0. The molecule has 0 aliphatic heterocycles. The van der Waals surface area contributed by atoms with E-state index in [-0.39, 0.29) is 0 Å². The molecule has 0 aliphatic carbocycles. The van der Waals surface area contributed by atoms with E-state index in [1.807, 2.05) is 0 Å². The van der Waals surface area contributed by atoms with Crippen LogP contribution in [0.4, 0.5) is 0 Å². The molecule has 0 aliphatic rings. The lowest BCUT2D eigenvalue weighted by Gasteiger charge is -2.05. The monoisotopic (exact) mass is 182 g/mol. The molecular weight excluding hydrogens is 172 g/mol. The highest BCUT2D eigenvalue weighted by Gasteiger charge is 1.97. The maximum atomic E-state index is 5.83. The van der Waals surface area contributed by atoms with E-state index >= 15 is 0 Å². The Labute approximate surface area is 78.3 Å². The normalized spacial score (nSPS) is 9.83. The Morgan fingerprint density at radius 2 is 2.17 bits per heavy atom. The quantitative estimate of drug-likeness (QED) is 0.651. The van der Waals surface area contributed by atoms with Crippen molar-refractivity contribution >= 4 is 11.6 Å². The first-order valence-corrected chi connectivity index (χ1v) is 4.42. The minimum atomic E-state index is 0.602. The summed E-state index contributed by atoms with van der Waals surface area (Å²) in [5.74, 6) is 0.698. The Balaban J connectivity index is 2.46. The number of halogens is 1. The zero-order chi connectivity index (χ0) is 8.81. The molecule has 2 heteroatoms. The molecule has 2 radical (unpaired) electrons.